The van der Waals surface area contributed by atoms with Crippen molar-refractivity contribution in [3.05, 3.63) is 0 Å². The molecular formula is C11H20N2O3. The van der Waals surface area contributed by atoms with Crippen LogP contribution in [0.5, 0.6) is 0 Å². The Bertz CT molecular complexity index is 241. The third kappa shape index (κ3) is 2.72. The Hall–Kier alpha value is -0.650. The van der Waals surface area contributed by atoms with Gasteiger partial charge in [-0.25, -0.2) is 0 Å². The fourth-order valence-electron chi connectivity index (χ4n) is 2.39. The van der Waals surface area contributed by atoms with Crippen LogP contribution in [0, 0.1) is 0 Å². The van der Waals surface area contributed by atoms with E-state index in [4.69, 9.17) is 4.74 Å². The SMILES string of the molecule is O=C(CC1CCCN1)N1CCOCC1CO. The van der Waals surface area contributed by atoms with Crippen LogP contribution in [-0.4, -0.2) is 60.9 Å². The molecular weight excluding hydrogens is 208 g/mol. The smallest absolute Gasteiger partial charge is 0.224 e. The van der Waals surface area contributed by atoms with Crippen LogP contribution >= 0.6 is 0 Å². The van der Waals surface area contributed by atoms with Gasteiger partial charge in [0.25, 0.3) is 0 Å². The highest BCUT2D eigenvalue weighted by atomic mass is 16.5. The van der Waals surface area contributed by atoms with Crippen LogP contribution in [0.2, 0.25) is 0 Å². The van der Waals surface area contributed by atoms with E-state index in [9.17, 15) is 9.90 Å². The summed E-state index contributed by atoms with van der Waals surface area (Å²) in [5.74, 6) is 0.141. The molecule has 0 aliphatic carbocycles. The number of rotatable bonds is 3. The van der Waals surface area contributed by atoms with Crippen molar-refractivity contribution < 1.29 is 14.6 Å². The molecule has 0 bridgehead atoms. The first-order valence-corrected chi connectivity index (χ1v) is 6.02. The lowest BCUT2D eigenvalue weighted by Gasteiger charge is -2.35. The van der Waals surface area contributed by atoms with Gasteiger partial charge in [-0.05, 0) is 19.4 Å². The molecule has 5 heteroatoms. The molecule has 0 aromatic carbocycles. The number of aliphatic hydroxyl groups excluding tert-OH is 1. The summed E-state index contributed by atoms with van der Waals surface area (Å²) in [4.78, 5) is 13.8. The van der Waals surface area contributed by atoms with E-state index >= 15 is 0 Å². The van der Waals surface area contributed by atoms with Crippen molar-refractivity contribution in [1.82, 2.24) is 10.2 Å². The highest BCUT2D eigenvalue weighted by molar-refractivity contribution is 5.77. The Labute approximate surface area is 95.8 Å². The molecule has 0 radical (unpaired) electrons. The molecule has 2 aliphatic rings. The fraction of sp³-hybridized carbons (Fsp3) is 0.909. The number of nitrogens with one attached hydrogen (secondary N) is 1. The second kappa shape index (κ2) is 5.61. The lowest BCUT2D eigenvalue weighted by atomic mass is 10.1. The quantitative estimate of drug-likeness (QED) is 0.674. The summed E-state index contributed by atoms with van der Waals surface area (Å²) in [5, 5.41) is 12.5. The van der Waals surface area contributed by atoms with Crippen molar-refractivity contribution in [3.63, 3.8) is 0 Å². The summed E-state index contributed by atoms with van der Waals surface area (Å²) in [6.45, 7) is 2.66. The molecule has 0 saturated carbocycles. The summed E-state index contributed by atoms with van der Waals surface area (Å²) in [6.07, 6.45) is 2.79. The number of ether oxygens (including phenoxy) is 1. The third-order valence-corrected chi connectivity index (χ3v) is 3.34. The van der Waals surface area contributed by atoms with Crippen molar-refractivity contribution in [3.8, 4) is 0 Å². The van der Waals surface area contributed by atoms with Crippen molar-refractivity contribution in [1.29, 1.82) is 0 Å². The molecule has 2 heterocycles. The second-order valence-corrected chi connectivity index (χ2v) is 4.50. The maximum absolute atomic E-state index is 12.0. The van der Waals surface area contributed by atoms with E-state index in [1.807, 2.05) is 0 Å². The maximum Gasteiger partial charge on any atom is 0.224 e. The Morgan fingerprint density at radius 1 is 1.56 bits per heavy atom. The van der Waals surface area contributed by atoms with Gasteiger partial charge in [-0.1, -0.05) is 0 Å². The van der Waals surface area contributed by atoms with Crippen LogP contribution < -0.4 is 5.32 Å². The van der Waals surface area contributed by atoms with Crippen LogP contribution in [0.1, 0.15) is 19.3 Å². The number of amides is 1. The topological polar surface area (TPSA) is 61.8 Å². The first-order valence-electron chi connectivity index (χ1n) is 6.02. The number of carbonyl (C=O) groups is 1. The number of hydrogen-bond donors (Lipinski definition) is 2. The zero-order valence-electron chi connectivity index (χ0n) is 9.52. The molecule has 2 saturated heterocycles. The first kappa shape index (κ1) is 11.8. The molecule has 2 atom stereocenters. The zero-order valence-corrected chi connectivity index (χ0v) is 9.52. The normalized spacial score (nSPS) is 30.7. The molecule has 0 aromatic heterocycles. The number of hydrogen-bond acceptors (Lipinski definition) is 4. The number of carbonyl (C=O) groups excluding carboxylic acids is 1. The van der Waals surface area contributed by atoms with Crippen LogP contribution in [0.25, 0.3) is 0 Å². The van der Waals surface area contributed by atoms with Crippen LogP contribution in [-0.2, 0) is 9.53 Å². The highest BCUT2D eigenvalue weighted by Crippen LogP contribution is 2.14. The molecule has 92 valence electrons. The van der Waals surface area contributed by atoms with Gasteiger partial charge >= 0.3 is 0 Å². The minimum Gasteiger partial charge on any atom is -0.394 e. The number of nitrogens with zero attached hydrogens (tertiary/aromatic N) is 1. The molecule has 2 aliphatic heterocycles. The van der Waals surface area contributed by atoms with Gasteiger partial charge < -0.3 is 20.1 Å². The third-order valence-electron chi connectivity index (χ3n) is 3.34. The molecule has 2 rings (SSSR count). The van der Waals surface area contributed by atoms with E-state index < -0.39 is 0 Å². The molecule has 16 heavy (non-hydrogen) atoms. The van der Waals surface area contributed by atoms with Crippen molar-refractivity contribution in [2.24, 2.45) is 0 Å². The first-order chi connectivity index (χ1) is 7.81. The van der Waals surface area contributed by atoms with Gasteiger partial charge in [0.15, 0.2) is 0 Å². The zero-order chi connectivity index (χ0) is 11.4. The maximum atomic E-state index is 12.0. The van der Waals surface area contributed by atoms with E-state index in [0.717, 1.165) is 19.4 Å². The van der Waals surface area contributed by atoms with E-state index in [-0.39, 0.29) is 18.6 Å². The highest BCUT2D eigenvalue weighted by Gasteiger charge is 2.28. The summed E-state index contributed by atoms with van der Waals surface area (Å²) in [6, 6.07) is 0.178. The van der Waals surface area contributed by atoms with E-state index in [1.54, 1.807) is 4.90 Å². The standard InChI is InChI=1S/C11H20N2O3/c14-7-10-8-16-5-4-13(10)11(15)6-9-2-1-3-12-9/h9-10,12,14H,1-8H2. The monoisotopic (exact) mass is 228 g/mol. The van der Waals surface area contributed by atoms with Crippen LogP contribution in [0.15, 0.2) is 0 Å². The van der Waals surface area contributed by atoms with Gasteiger partial charge in [-0.15, -0.1) is 0 Å². The molecule has 0 spiro atoms. The molecule has 5 nitrogen and oxygen atoms in total. The summed E-state index contributed by atoms with van der Waals surface area (Å²) in [7, 11) is 0. The van der Waals surface area contributed by atoms with Crippen molar-refractivity contribution >= 4 is 5.91 Å². The number of aliphatic hydroxyl groups is 1. The van der Waals surface area contributed by atoms with Gasteiger partial charge in [-0.3, -0.25) is 4.79 Å². The Morgan fingerprint density at radius 3 is 3.12 bits per heavy atom. The number of morpholine rings is 1. The lowest BCUT2D eigenvalue weighted by Crippen LogP contribution is -2.51. The van der Waals surface area contributed by atoms with Crippen molar-refractivity contribution in [2.75, 3.05) is 32.9 Å². The van der Waals surface area contributed by atoms with Gasteiger partial charge in [0.05, 0.1) is 25.9 Å². The Morgan fingerprint density at radius 2 is 2.44 bits per heavy atom. The molecule has 1 amide bonds. The van der Waals surface area contributed by atoms with Gasteiger partial charge in [0, 0.05) is 19.0 Å². The largest absolute Gasteiger partial charge is 0.394 e. The van der Waals surface area contributed by atoms with Gasteiger partial charge in [-0.2, -0.15) is 0 Å². The average molecular weight is 228 g/mol. The predicted octanol–water partition coefficient (Wildman–Crippen LogP) is -0.652. The van der Waals surface area contributed by atoms with E-state index in [0.29, 0.717) is 32.2 Å². The predicted molar refractivity (Wildman–Crippen MR) is 59.0 cm³/mol. The van der Waals surface area contributed by atoms with Crippen molar-refractivity contribution in [2.45, 2.75) is 31.3 Å². The molecule has 0 aromatic rings. The summed E-state index contributed by atoms with van der Waals surface area (Å²) < 4.78 is 5.25. The van der Waals surface area contributed by atoms with Crippen LogP contribution in [0.4, 0.5) is 0 Å². The minimum absolute atomic E-state index is 0.0101. The molecule has 2 N–H and O–H groups in total. The van der Waals surface area contributed by atoms with E-state index in [1.165, 1.54) is 0 Å². The van der Waals surface area contributed by atoms with E-state index in [2.05, 4.69) is 5.32 Å². The van der Waals surface area contributed by atoms with Crippen LogP contribution in [0.3, 0.4) is 0 Å². The van der Waals surface area contributed by atoms with Gasteiger partial charge in [0.1, 0.15) is 0 Å². The minimum atomic E-state index is -0.150. The Kier molecular flexibility index (Phi) is 4.15. The summed E-state index contributed by atoms with van der Waals surface area (Å²) in [5.41, 5.74) is 0. The Balaban J connectivity index is 1.86. The average Bonchev–Trinajstić information content (AvgIpc) is 2.81. The second-order valence-electron chi connectivity index (χ2n) is 4.50. The lowest BCUT2D eigenvalue weighted by molar-refractivity contribution is -0.142. The molecule has 2 unspecified atom stereocenters. The van der Waals surface area contributed by atoms with Gasteiger partial charge in [0.2, 0.25) is 5.91 Å². The molecule has 2 fully saturated rings. The summed E-state index contributed by atoms with van der Waals surface area (Å²) >= 11 is 0. The fourth-order valence-corrected chi connectivity index (χ4v) is 2.39.